The molecule has 0 radical (unpaired) electrons. The highest BCUT2D eigenvalue weighted by Crippen LogP contribution is 2.15. The first-order valence-corrected chi connectivity index (χ1v) is 6.86. The molecule has 1 aliphatic heterocycles. The standard InChI is InChI=1S/C11H11FN2O3S/c12-7-1-2-9(10(13)5-7)11(15)14-8-3-4-18(16,17)6-8/h1-5,8H,6,13H2,(H,14,15). The molecule has 0 bridgehead atoms. The van der Waals surface area contributed by atoms with E-state index in [2.05, 4.69) is 5.32 Å². The van der Waals surface area contributed by atoms with Crippen LogP contribution in [-0.4, -0.2) is 26.1 Å². The van der Waals surface area contributed by atoms with E-state index in [-0.39, 0.29) is 17.0 Å². The van der Waals surface area contributed by atoms with Crippen LogP contribution in [0.3, 0.4) is 0 Å². The summed E-state index contributed by atoms with van der Waals surface area (Å²) < 4.78 is 35.1. The SMILES string of the molecule is Nc1cc(F)ccc1C(=O)NC1C=CS(=O)(=O)C1. The van der Waals surface area contributed by atoms with Crippen molar-refractivity contribution in [3.8, 4) is 0 Å². The summed E-state index contributed by atoms with van der Waals surface area (Å²) in [5.74, 6) is -1.23. The number of carbonyl (C=O) groups is 1. The third-order valence-electron chi connectivity index (χ3n) is 2.50. The van der Waals surface area contributed by atoms with Gasteiger partial charge in [0.15, 0.2) is 9.84 Å². The monoisotopic (exact) mass is 270 g/mol. The van der Waals surface area contributed by atoms with Crippen molar-refractivity contribution in [2.45, 2.75) is 6.04 Å². The van der Waals surface area contributed by atoms with E-state index >= 15 is 0 Å². The molecule has 0 aliphatic carbocycles. The lowest BCUT2D eigenvalue weighted by Crippen LogP contribution is -2.35. The van der Waals surface area contributed by atoms with Crippen molar-refractivity contribution in [3.63, 3.8) is 0 Å². The number of carbonyl (C=O) groups excluding carboxylic acids is 1. The number of nitrogens with two attached hydrogens (primary N) is 1. The normalized spacial score (nSPS) is 20.8. The summed E-state index contributed by atoms with van der Waals surface area (Å²) in [5.41, 5.74) is 5.64. The number of amides is 1. The number of anilines is 1. The molecular formula is C11H11FN2O3S. The van der Waals surface area contributed by atoms with Crippen LogP contribution in [0.15, 0.2) is 29.7 Å². The molecule has 1 amide bonds. The molecule has 0 fully saturated rings. The molecule has 1 aliphatic rings. The van der Waals surface area contributed by atoms with Gasteiger partial charge in [-0.05, 0) is 24.3 Å². The Kier molecular flexibility index (Phi) is 3.08. The van der Waals surface area contributed by atoms with Crippen LogP contribution in [0.4, 0.5) is 10.1 Å². The molecule has 1 unspecified atom stereocenters. The molecule has 2 rings (SSSR count). The number of rotatable bonds is 2. The van der Waals surface area contributed by atoms with Gasteiger partial charge in [-0.2, -0.15) is 0 Å². The van der Waals surface area contributed by atoms with E-state index in [9.17, 15) is 17.6 Å². The van der Waals surface area contributed by atoms with Gasteiger partial charge < -0.3 is 11.1 Å². The number of nitrogens with one attached hydrogen (secondary N) is 1. The molecule has 0 saturated carbocycles. The van der Waals surface area contributed by atoms with E-state index in [0.29, 0.717) is 0 Å². The molecule has 0 aromatic heterocycles. The van der Waals surface area contributed by atoms with Crippen molar-refractivity contribution in [1.82, 2.24) is 5.32 Å². The smallest absolute Gasteiger partial charge is 0.253 e. The Bertz CT molecular complexity index is 625. The van der Waals surface area contributed by atoms with Crippen molar-refractivity contribution in [2.24, 2.45) is 0 Å². The fourth-order valence-corrected chi connectivity index (χ4v) is 2.89. The molecule has 0 saturated heterocycles. The van der Waals surface area contributed by atoms with Gasteiger partial charge in [-0.15, -0.1) is 0 Å². The molecule has 1 heterocycles. The van der Waals surface area contributed by atoms with Crippen LogP contribution < -0.4 is 11.1 Å². The van der Waals surface area contributed by atoms with Crippen molar-refractivity contribution in [3.05, 3.63) is 41.1 Å². The average molecular weight is 270 g/mol. The highest BCUT2D eigenvalue weighted by molar-refractivity contribution is 7.94. The zero-order valence-corrected chi connectivity index (χ0v) is 10.1. The van der Waals surface area contributed by atoms with Crippen LogP contribution in [0, 0.1) is 5.82 Å². The summed E-state index contributed by atoms with van der Waals surface area (Å²) in [6, 6.07) is 2.84. The largest absolute Gasteiger partial charge is 0.398 e. The third-order valence-corrected chi connectivity index (χ3v) is 3.90. The molecule has 1 atom stereocenters. The first-order valence-electron chi connectivity index (χ1n) is 5.14. The summed E-state index contributed by atoms with van der Waals surface area (Å²) in [4.78, 5) is 11.8. The van der Waals surface area contributed by atoms with Crippen LogP contribution in [0.1, 0.15) is 10.4 Å². The number of nitrogen functional groups attached to an aromatic ring is 1. The van der Waals surface area contributed by atoms with Gasteiger partial charge in [0.2, 0.25) is 0 Å². The minimum Gasteiger partial charge on any atom is -0.398 e. The average Bonchev–Trinajstić information content (AvgIpc) is 2.57. The number of hydrogen-bond donors (Lipinski definition) is 2. The molecular weight excluding hydrogens is 259 g/mol. The first kappa shape index (κ1) is 12.6. The van der Waals surface area contributed by atoms with E-state index < -0.39 is 27.6 Å². The molecule has 7 heteroatoms. The van der Waals surface area contributed by atoms with Gasteiger partial charge in [-0.3, -0.25) is 4.79 Å². The van der Waals surface area contributed by atoms with E-state index in [0.717, 1.165) is 17.5 Å². The fourth-order valence-electron chi connectivity index (χ4n) is 1.65. The third kappa shape index (κ3) is 2.67. The maximum absolute atomic E-state index is 12.8. The predicted octanol–water partition coefficient (Wildman–Crippen LogP) is 0.448. The van der Waals surface area contributed by atoms with E-state index in [1.165, 1.54) is 12.1 Å². The molecule has 1 aromatic rings. The Morgan fingerprint density at radius 3 is 2.72 bits per heavy atom. The Morgan fingerprint density at radius 2 is 2.17 bits per heavy atom. The molecule has 3 N–H and O–H groups in total. The number of hydrogen-bond acceptors (Lipinski definition) is 4. The lowest BCUT2D eigenvalue weighted by atomic mass is 10.1. The predicted molar refractivity (Wildman–Crippen MR) is 65.0 cm³/mol. The van der Waals surface area contributed by atoms with E-state index in [1.54, 1.807) is 0 Å². The lowest BCUT2D eigenvalue weighted by molar-refractivity contribution is 0.0948. The van der Waals surface area contributed by atoms with Gasteiger partial charge in [-0.1, -0.05) is 0 Å². The number of benzene rings is 1. The molecule has 1 aromatic carbocycles. The molecule has 0 spiro atoms. The van der Waals surface area contributed by atoms with Crippen molar-refractivity contribution < 1.29 is 17.6 Å². The van der Waals surface area contributed by atoms with Gasteiger partial charge in [0, 0.05) is 11.1 Å². The fraction of sp³-hybridized carbons (Fsp3) is 0.182. The second-order valence-electron chi connectivity index (χ2n) is 3.97. The Hall–Kier alpha value is -1.89. The van der Waals surface area contributed by atoms with Crippen LogP contribution in [0.25, 0.3) is 0 Å². The van der Waals surface area contributed by atoms with Gasteiger partial charge in [-0.25, -0.2) is 12.8 Å². The quantitative estimate of drug-likeness (QED) is 0.763. The summed E-state index contributed by atoms with van der Waals surface area (Å²) in [7, 11) is -3.23. The van der Waals surface area contributed by atoms with Crippen LogP contribution in [-0.2, 0) is 9.84 Å². The van der Waals surface area contributed by atoms with E-state index in [4.69, 9.17) is 5.73 Å². The second-order valence-corrected chi connectivity index (χ2v) is 5.90. The maximum Gasteiger partial charge on any atom is 0.253 e. The Morgan fingerprint density at radius 1 is 1.44 bits per heavy atom. The van der Waals surface area contributed by atoms with Gasteiger partial charge >= 0.3 is 0 Å². The van der Waals surface area contributed by atoms with Crippen molar-refractivity contribution >= 4 is 21.4 Å². The van der Waals surface area contributed by atoms with Gasteiger partial charge in [0.25, 0.3) is 5.91 Å². The molecule has 96 valence electrons. The first-order chi connectivity index (χ1) is 8.37. The van der Waals surface area contributed by atoms with Crippen LogP contribution >= 0.6 is 0 Å². The minimum absolute atomic E-state index is 0.0114. The highest BCUT2D eigenvalue weighted by Gasteiger charge is 2.24. The van der Waals surface area contributed by atoms with Crippen molar-refractivity contribution in [2.75, 3.05) is 11.5 Å². The number of halogens is 1. The lowest BCUT2D eigenvalue weighted by Gasteiger charge is -2.11. The zero-order valence-electron chi connectivity index (χ0n) is 9.26. The minimum atomic E-state index is -3.23. The highest BCUT2D eigenvalue weighted by atomic mass is 32.2. The summed E-state index contributed by atoms with van der Waals surface area (Å²) in [6.07, 6.45) is 1.40. The zero-order chi connectivity index (χ0) is 13.3. The van der Waals surface area contributed by atoms with Crippen LogP contribution in [0.2, 0.25) is 0 Å². The summed E-state index contributed by atoms with van der Waals surface area (Å²) >= 11 is 0. The van der Waals surface area contributed by atoms with Gasteiger partial charge in [0.1, 0.15) is 5.82 Å². The van der Waals surface area contributed by atoms with Crippen molar-refractivity contribution in [1.29, 1.82) is 0 Å². The van der Waals surface area contributed by atoms with Gasteiger partial charge in [0.05, 0.1) is 17.4 Å². The van der Waals surface area contributed by atoms with Crippen LogP contribution in [0.5, 0.6) is 0 Å². The molecule has 18 heavy (non-hydrogen) atoms. The summed E-state index contributed by atoms with van der Waals surface area (Å²) in [5, 5.41) is 3.57. The Balaban J connectivity index is 2.12. The topological polar surface area (TPSA) is 89.3 Å². The van der Waals surface area contributed by atoms with E-state index in [1.807, 2.05) is 0 Å². The maximum atomic E-state index is 12.8. The molecule has 5 nitrogen and oxygen atoms in total. The number of sulfone groups is 1. The Labute approximate surface area is 103 Å². The second kappa shape index (κ2) is 4.41. The summed E-state index contributed by atoms with van der Waals surface area (Å²) in [6.45, 7) is 0.